The summed E-state index contributed by atoms with van der Waals surface area (Å²) in [5.74, 6) is 0.996. The molecule has 4 heteroatoms. The van der Waals surface area contributed by atoms with Gasteiger partial charge in [-0.05, 0) is 39.7 Å². The van der Waals surface area contributed by atoms with Gasteiger partial charge in [0.15, 0.2) is 0 Å². The first-order valence-corrected chi connectivity index (χ1v) is 7.05. The van der Waals surface area contributed by atoms with Gasteiger partial charge >= 0.3 is 0 Å². The van der Waals surface area contributed by atoms with E-state index in [1.165, 1.54) is 0 Å². The molecule has 0 bridgehead atoms. The van der Waals surface area contributed by atoms with Crippen molar-refractivity contribution in [3.8, 4) is 0 Å². The van der Waals surface area contributed by atoms with Gasteiger partial charge in [-0.25, -0.2) is 0 Å². The Bertz CT molecular complexity index is 314. The molecule has 102 valence electrons. The molecule has 18 heavy (non-hydrogen) atoms. The van der Waals surface area contributed by atoms with Gasteiger partial charge in [0.05, 0.1) is 0 Å². The maximum Gasteiger partial charge on any atom is 0.225 e. The monoisotopic (exact) mass is 252 g/mol. The number of hydrogen-bond acceptors (Lipinski definition) is 3. The zero-order valence-corrected chi connectivity index (χ0v) is 11.5. The van der Waals surface area contributed by atoms with Crippen LogP contribution in [0.4, 0.5) is 0 Å². The summed E-state index contributed by atoms with van der Waals surface area (Å²) in [4.78, 5) is 27.9. The van der Waals surface area contributed by atoms with Crippen LogP contribution in [0, 0.1) is 11.8 Å². The van der Waals surface area contributed by atoms with Crippen molar-refractivity contribution in [2.24, 2.45) is 11.8 Å². The second-order valence-electron chi connectivity index (χ2n) is 5.79. The summed E-state index contributed by atoms with van der Waals surface area (Å²) in [6.45, 7) is 5.36. The molecule has 0 atom stereocenters. The van der Waals surface area contributed by atoms with Crippen LogP contribution < -0.4 is 0 Å². The van der Waals surface area contributed by atoms with Crippen molar-refractivity contribution < 1.29 is 9.59 Å². The van der Waals surface area contributed by atoms with E-state index in [1.807, 2.05) is 4.90 Å². The highest BCUT2D eigenvalue weighted by molar-refractivity contribution is 5.81. The first-order valence-electron chi connectivity index (χ1n) is 7.05. The van der Waals surface area contributed by atoms with Crippen LogP contribution in [0.3, 0.4) is 0 Å². The normalized spacial score (nSPS) is 30.2. The lowest BCUT2D eigenvalue weighted by atomic mass is 9.79. The standard InChI is InChI=1S/C14H24N2O2/c1-11(17)12-3-5-13(6-4-12)14(18)16-9-7-15(2)8-10-16/h12-13H,3-10H2,1-2H3/t12-,13+. The minimum atomic E-state index is 0.170. The number of likely N-dealkylation sites (N-methyl/N-ethyl adjacent to an activating group) is 1. The molecule has 2 rings (SSSR count). The van der Waals surface area contributed by atoms with Crippen molar-refractivity contribution in [2.75, 3.05) is 33.2 Å². The Balaban J connectivity index is 1.82. The molecule has 0 N–H and O–H groups in total. The van der Waals surface area contributed by atoms with E-state index in [-0.39, 0.29) is 11.8 Å². The molecule has 2 aliphatic rings. The van der Waals surface area contributed by atoms with Gasteiger partial charge in [-0.2, -0.15) is 0 Å². The Morgan fingerprint density at radius 2 is 1.39 bits per heavy atom. The number of piperazine rings is 1. The van der Waals surface area contributed by atoms with E-state index in [0.29, 0.717) is 11.7 Å². The third-order valence-corrected chi connectivity index (χ3v) is 4.47. The van der Waals surface area contributed by atoms with Crippen LogP contribution in [0.5, 0.6) is 0 Å². The Morgan fingerprint density at radius 1 is 0.889 bits per heavy atom. The summed E-state index contributed by atoms with van der Waals surface area (Å²) in [6.07, 6.45) is 3.60. The summed E-state index contributed by atoms with van der Waals surface area (Å²) in [6, 6.07) is 0. The molecule has 1 aliphatic carbocycles. The molecule has 0 radical (unpaired) electrons. The molecule has 0 spiro atoms. The average Bonchev–Trinajstić information content (AvgIpc) is 2.39. The number of carbonyl (C=O) groups excluding carboxylic acids is 2. The van der Waals surface area contributed by atoms with Gasteiger partial charge in [0.25, 0.3) is 0 Å². The van der Waals surface area contributed by atoms with Crippen LogP contribution in [0.2, 0.25) is 0 Å². The lowest BCUT2D eigenvalue weighted by Gasteiger charge is -2.36. The first kappa shape index (κ1) is 13.5. The van der Waals surface area contributed by atoms with Gasteiger partial charge in [0.1, 0.15) is 5.78 Å². The fourth-order valence-corrected chi connectivity index (χ4v) is 3.03. The maximum atomic E-state index is 12.4. The Kier molecular flexibility index (Phi) is 4.38. The number of carbonyl (C=O) groups is 2. The van der Waals surface area contributed by atoms with Crippen molar-refractivity contribution in [3.05, 3.63) is 0 Å². The second-order valence-corrected chi connectivity index (χ2v) is 5.79. The zero-order chi connectivity index (χ0) is 13.1. The van der Waals surface area contributed by atoms with E-state index < -0.39 is 0 Å². The van der Waals surface area contributed by atoms with Crippen molar-refractivity contribution in [1.82, 2.24) is 9.80 Å². The predicted octanol–water partition coefficient (Wildman–Crippen LogP) is 1.16. The SMILES string of the molecule is CC(=O)[C@H]1CC[C@@H](C(=O)N2CCN(C)CC2)CC1. The fourth-order valence-electron chi connectivity index (χ4n) is 3.03. The highest BCUT2D eigenvalue weighted by atomic mass is 16.2. The van der Waals surface area contributed by atoms with Crippen molar-refractivity contribution in [2.45, 2.75) is 32.6 Å². The topological polar surface area (TPSA) is 40.6 Å². The Labute approximate surface area is 109 Å². The molecule has 1 saturated carbocycles. The smallest absolute Gasteiger partial charge is 0.225 e. The number of ketones is 1. The molecule has 0 unspecified atom stereocenters. The molecule has 0 aromatic heterocycles. The van der Waals surface area contributed by atoms with Gasteiger partial charge in [0, 0.05) is 38.0 Å². The van der Waals surface area contributed by atoms with Crippen LogP contribution in [0.25, 0.3) is 0 Å². The van der Waals surface area contributed by atoms with Crippen molar-refractivity contribution in [3.63, 3.8) is 0 Å². The zero-order valence-electron chi connectivity index (χ0n) is 11.5. The molecule has 1 saturated heterocycles. The van der Waals surface area contributed by atoms with Gasteiger partial charge in [0.2, 0.25) is 5.91 Å². The lowest BCUT2D eigenvalue weighted by Crippen LogP contribution is -2.49. The molecule has 4 nitrogen and oxygen atoms in total. The number of nitrogens with zero attached hydrogens (tertiary/aromatic N) is 2. The summed E-state index contributed by atoms with van der Waals surface area (Å²) >= 11 is 0. The number of rotatable bonds is 2. The van der Waals surface area contributed by atoms with Crippen LogP contribution in [0.1, 0.15) is 32.6 Å². The van der Waals surface area contributed by atoms with Gasteiger partial charge in [-0.15, -0.1) is 0 Å². The van der Waals surface area contributed by atoms with Crippen LogP contribution in [0.15, 0.2) is 0 Å². The minimum absolute atomic E-state index is 0.170. The molecule has 0 aromatic carbocycles. The Morgan fingerprint density at radius 3 is 1.89 bits per heavy atom. The number of Topliss-reactive ketones (excluding diaryl/α,β-unsaturated/α-hetero) is 1. The largest absolute Gasteiger partial charge is 0.340 e. The lowest BCUT2D eigenvalue weighted by molar-refractivity contribution is -0.139. The molecule has 1 amide bonds. The van der Waals surface area contributed by atoms with Gasteiger partial charge < -0.3 is 9.80 Å². The van der Waals surface area contributed by atoms with Crippen LogP contribution in [-0.4, -0.2) is 54.7 Å². The highest BCUT2D eigenvalue weighted by Crippen LogP contribution is 2.30. The molecular formula is C14H24N2O2. The summed E-state index contributed by atoms with van der Waals surface area (Å²) in [5.41, 5.74) is 0. The van der Waals surface area contributed by atoms with E-state index in [9.17, 15) is 9.59 Å². The van der Waals surface area contributed by atoms with Crippen LogP contribution >= 0.6 is 0 Å². The third kappa shape index (κ3) is 3.10. The number of hydrogen-bond donors (Lipinski definition) is 0. The highest BCUT2D eigenvalue weighted by Gasteiger charge is 2.31. The quantitative estimate of drug-likeness (QED) is 0.740. The van der Waals surface area contributed by atoms with Gasteiger partial charge in [-0.3, -0.25) is 9.59 Å². The minimum Gasteiger partial charge on any atom is -0.340 e. The first-order chi connectivity index (χ1) is 8.58. The van der Waals surface area contributed by atoms with E-state index in [2.05, 4.69) is 11.9 Å². The second kappa shape index (κ2) is 5.83. The van der Waals surface area contributed by atoms with E-state index in [0.717, 1.165) is 51.9 Å². The summed E-state index contributed by atoms with van der Waals surface area (Å²) < 4.78 is 0. The molecule has 2 fully saturated rings. The number of amides is 1. The molecule has 1 heterocycles. The van der Waals surface area contributed by atoms with Crippen molar-refractivity contribution >= 4 is 11.7 Å². The molecule has 1 aliphatic heterocycles. The van der Waals surface area contributed by atoms with E-state index in [4.69, 9.17) is 0 Å². The van der Waals surface area contributed by atoms with E-state index >= 15 is 0 Å². The fraction of sp³-hybridized carbons (Fsp3) is 0.857. The Hall–Kier alpha value is -0.900. The third-order valence-electron chi connectivity index (χ3n) is 4.47. The van der Waals surface area contributed by atoms with Crippen molar-refractivity contribution in [1.29, 1.82) is 0 Å². The average molecular weight is 252 g/mol. The molecule has 0 aromatic rings. The predicted molar refractivity (Wildman–Crippen MR) is 70.2 cm³/mol. The maximum absolute atomic E-state index is 12.4. The molecular weight excluding hydrogens is 228 g/mol. The van der Waals surface area contributed by atoms with Crippen LogP contribution in [-0.2, 0) is 9.59 Å². The summed E-state index contributed by atoms with van der Waals surface area (Å²) in [5, 5.41) is 0. The van der Waals surface area contributed by atoms with E-state index in [1.54, 1.807) is 6.92 Å². The van der Waals surface area contributed by atoms with Gasteiger partial charge in [-0.1, -0.05) is 0 Å². The summed E-state index contributed by atoms with van der Waals surface area (Å²) in [7, 11) is 2.10.